The molecule has 0 fully saturated rings. The normalized spacial score (nSPS) is 22.8. The van der Waals surface area contributed by atoms with Gasteiger partial charge >= 0.3 is 6.09 Å². The van der Waals surface area contributed by atoms with Gasteiger partial charge in [-0.15, -0.1) is 0 Å². The van der Waals surface area contributed by atoms with Crippen LogP contribution in [0.1, 0.15) is 12.5 Å². The molecule has 2 aliphatic heterocycles. The average Bonchev–Trinajstić information content (AvgIpc) is 3.06. The van der Waals surface area contributed by atoms with Crippen molar-refractivity contribution in [3.05, 3.63) is 53.0 Å². The number of carbonyl (C=O) groups is 1. The summed E-state index contributed by atoms with van der Waals surface area (Å²) in [6, 6.07) is 5.79. The maximum atomic E-state index is 12.8. The number of carbonyl (C=O) groups excluding carboxylic acids is 1. The third kappa shape index (κ3) is 2.23. The van der Waals surface area contributed by atoms with Gasteiger partial charge in [-0.2, -0.15) is 0 Å². The van der Waals surface area contributed by atoms with Gasteiger partial charge in [0.25, 0.3) is 0 Å². The highest BCUT2D eigenvalue weighted by Crippen LogP contribution is 2.37. The predicted molar refractivity (Wildman–Crippen MR) is 82.0 cm³/mol. The van der Waals surface area contributed by atoms with Gasteiger partial charge < -0.3 is 4.74 Å². The van der Waals surface area contributed by atoms with Gasteiger partial charge in [-0.1, -0.05) is 29.8 Å². The molecule has 0 N–H and O–H groups in total. The smallest absolute Gasteiger partial charge is 0.411 e. The van der Waals surface area contributed by atoms with Gasteiger partial charge in [0, 0.05) is 0 Å². The van der Waals surface area contributed by atoms with E-state index in [0.29, 0.717) is 0 Å². The Hall–Kier alpha value is -2.08. The highest BCUT2D eigenvalue weighted by molar-refractivity contribution is 7.95. The molecule has 2 atom stereocenters. The van der Waals surface area contributed by atoms with Crippen LogP contribution in [0.25, 0.3) is 0 Å². The molecule has 2 bridgehead atoms. The van der Waals surface area contributed by atoms with Crippen molar-refractivity contribution in [2.75, 3.05) is 6.61 Å². The Morgan fingerprint density at radius 2 is 1.91 bits per heavy atom. The van der Waals surface area contributed by atoms with E-state index in [9.17, 15) is 13.2 Å². The lowest BCUT2D eigenvalue weighted by Crippen LogP contribution is -2.38. The van der Waals surface area contributed by atoms with Gasteiger partial charge in [0.15, 0.2) is 0 Å². The van der Waals surface area contributed by atoms with E-state index in [1.54, 1.807) is 43.3 Å². The van der Waals surface area contributed by atoms with Gasteiger partial charge in [-0.05, 0) is 32.1 Å². The average molecular weight is 319 g/mol. The largest absolute Gasteiger partial charge is 0.450 e. The molecule has 0 aromatic heterocycles. The van der Waals surface area contributed by atoms with Crippen LogP contribution in [-0.4, -0.2) is 38.1 Å². The maximum absolute atomic E-state index is 12.8. The summed E-state index contributed by atoms with van der Waals surface area (Å²) in [5.74, 6) is 0. The second kappa shape index (κ2) is 5.28. The molecule has 1 aromatic carbocycles. The zero-order valence-electron chi connectivity index (χ0n) is 12.4. The molecule has 22 heavy (non-hydrogen) atoms. The Kier molecular flexibility index (Phi) is 3.56. The maximum Gasteiger partial charge on any atom is 0.411 e. The number of sulfone groups is 1. The lowest BCUT2D eigenvalue weighted by atomic mass is 10.2. The van der Waals surface area contributed by atoms with Crippen LogP contribution in [0.5, 0.6) is 0 Å². The topological polar surface area (TPSA) is 63.7 Å². The number of nitrogens with zero attached hydrogens (tertiary/aromatic N) is 1. The number of ether oxygens (including phenoxy) is 1. The van der Waals surface area contributed by atoms with Crippen LogP contribution < -0.4 is 0 Å². The van der Waals surface area contributed by atoms with Crippen LogP contribution in [0.15, 0.2) is 52.3 Å². The molecule has 5 nitrogen and oxygen atoms in total. The third-order valence-electron chi connectivity index (χ3n) is 3.86. The zero-order valence-corrected chi connectivity index (χ0v) is 13.2. The molecule has 0 spiro atoms. The standard InChI is InChI=1S/C16H17NO4S/c1-3-21-16(18)17-12-6-9-14(17)15(10-12)22(19,20)13-7-4-11(2)5-8-13/h4-10,12,14H,3H2,1-2H3/t12-,14+/m0/s1. The van der Waals surface area contributed by atoms with E-state index >= 15 is 0 Å². The molecule has 3 rings (SSSR count). The van der Waals surface area contributed by atoms with Crippen molar-refractivity contribution in [3.63, 3.8) is 0 Å². The molecule has 0 unspecified atom stereocenters. The number of rotatable bonds is 3. The first-order valence-corrected chi connectivity index (χ1v) is 8.60. The summed E-state index contributed by atoms with van der Waals surface area (Å²) in [5, 5.41) is 0. The Morgan fingerprint density at radius 3 is 2.55 bits per heavy atom. The summed E-state index contributed by atoms with van der Waals surface area (Å²) in [7, 11) is -3.61. The van der Waals surface area contributed by atoms with Crippen LogP contribution in [0.3, 0.4) is 0 Å². The predicted octanol–water partition coefficient (Wildman–Crippen LogP) is 2.43. The molecule has 6 heteroatoms. The Bertz CT molecular complexity index is 762. The van der Waals surface area contributed by atoms with Gasteiger partial charge in [0.2, 0.25) is 9.84 Å². The first kappa shape index (κ1) is 14.8. The van der Waals surface area contributed by atoms with Gasteiger partial charge in [-0.3, -0.25) is 4.90 Å². The van der Waals surface area contributed by atoms with Crippen LogP contribution in [0.4, 0.5) is 4.79 Å². The van der Waals surface area contributed by atoms with Crippen molar-refractivity contribution in [2.45, 2.75) is 30.8 Å². The first-order valence-electron chi connectivity index (χ1n) is 7.12. The van der Waals surface area contributed by atoms with E-state index in [4.69, 9.17) is 4.74 Å². The van der Waals surface area contributed by atoms with Crippen LogP contribution >= 0.6 is 0 Å². The molecule has 116 valence electrons. The summed E-state index contributed by atoms with van der Waals surface area (Å²) in [6.45, 7) is 3.88. The number of aryl methyl sites for hydroxylation is 1. The number of hydrogen-bond donors (Lipinski definition) is 0. The summed E-state index contributed by atoms with van der Waals surface area (Å²) < 4.78 is 30.6. The van der Waals surface area contributed by atoms with Crippen molar-refractivity contribution in [1.82, 2.24) is 4.90 Å². The third-order valence-corrected chi connectivity index (χ3v) is 5.75. The lowest BCUT2D eigenvalue weighted by Gasteiger charge is -2.22. The van der Waals surface area contributed by atoms with Crippen LogP contribution in [0, 0.1) is 6.92 Å². The molecular weight excluding hydrogens is 302 g/mol. The van der Waals surface area contributed by atoms with Crippen LogP contribution in [-0.2, 0) is 14.6 Å². The molecule has 2 aliphatic rings. The molecule has 1 aromatic rings. The minimum Gasteiger partial charge on any atom is -0.450 e. The Morgan fingerprint density at radius 1 is 1.23 bits per heavy atom. The van der Waals surface area contributed by atoms with Crippen molar-refractivity contribution in [2.24, 2.45) is 0 Å². The van der Waals surface area contributed by atoms with Crippen LogP contribution in [0.2, 0.25) is 0 Å². The van der Waals surface area contributed by atoms with Crippen molar-refractivity contribution in [1.29, 1.82) is 0 Å². The van der Waals surface area contributed by atoms with E-state index in [2.05, 4.69) is 0 Å². The summed E-state index contributed by atoms with van der Waals surface area (Å²) in [5.41, 5.74) is 0.994. The molecule has 0 saturated carbocycles. The molecule has 0 radical (unpaired) electrons. The minimum atomic E-state index is -3.61. The van der Waals surface area contributed by atoms with E-state index in [1.807, 2.05) is 13.0 Å². The highest BCUT2D eigenvalue weighted by atomic mass is 32.2. The molecule has 1 amide bonds. The van der Waals surface area contributed by atoms with Crippen molar-refractivity contribution >= 4 is 15.9 Å². The van der Waals surface area contributed by atoms with Gasteiger partial charge in [-0.25, -0.2) is 13.2 Å². The quantitative estimate of drug-likeness (QED) is 0.803. The summed E-state index contributed by atoms with van der Waals surface area (Å²) >= 11 is 0. The fourth-order valence-electron chi connectivity index (χ4n) is 2.76. The number of amides is 1. The summed E-state index contributed by atoms with van der Waals surface area (Å²) in [4.78, 5) is 13.9. The Balaban J connectivity index is 1.92. The number of fused-ring (bicyclic) bond motifs is 2. The Labute approximate surface area is 129 Å². The molecular formula is C16H17NO4S. The summed E-state index contributed by atoms with van der Waals surface area (Å²) in [6.07, 6.45) is 4.68. The van der Waals surface area contributed by atoms with E-state index in [0.717, 1.165) is 5.56 Å². The fourth-order valence-corrected chi connectivity index (χ4v) is 4.36. The monoisotopic (exact) mass is 319 g/mol. The lowest BCUT2D eigenvalue weighted by molar-refractivity contribution is 0.107. The number of benzene rings is 1. The van der Waals surface area contributed by atoms with E-state index < -0.39 is 22.0 Å². The SMILES string of the molecule is CCOC(=O)N1[C@H]2C=C[C@@H]1C(S(=O)(=O)c1ccc(C)cc1)=C2. The van der Waals surface area contributed by atoms with E-state index in [1.165, 1.54) is 4.90 Å². The minimum absolute atomic E-state index is 0.245. The van der Waals surface area contributed by atoms with Crippen molar-refractivity contribution in [3.8, 4) is 0 Å². The first-order chi connectivity index (χ1) is 10.4. The van der Waals surface area contributed by atoms with E-state index in [-0.39, 0.29) is 22.4 Å². The zero-order chi connectivity index (χ0) is 15.9. The van der Waals surface area contributed by atoms with Gasteiger partial charge in [0.05, 0.1) is 28.5 Å². The molecule has 0 saturated heterocycles. The second-order valence-corrected chi connectivity index (χ2v) is 7.26. The second-order valence-electron chi connectivity index (χ2n) is 5.31. The fraction of sp³-hybridized carbons (Fsp3) is 0.312. The van der Waals surface area contributed by atoms with Gasteiger partial charge in [0.1, 0.15) is 0 Å². The molecule has 0 aliphatic carbocycles. The number of hydrogen-bond acceptors (Lipinski definition) is 4. The van der Waals surface area contributed by atoms with Crippen molar-refractivity contribution < 1.29 is 17.9 Å². The molecule has 2 heterocycles. The highest BCUT2D eigenvalue weighted by Gasteiger charge is 2.45.